The van der Waals surface area contributed by atoms with Crippen LogP contribution in [0.3, 0.4) is 0 Å². The second kappa shape index (κ2) is 5.90. The Morgan fingerprint density at radius 2 is 1.86 bits per heavy atom. The maximum Gasteiger partial charge on any atom is 0.307 e. The minimum atomic E-state index is -0.987. The summed E-state index contributed by atoms with van der Waals surface area (Å²) in [7, 11) is 0. The predicted octanol–water partition coefficient (Wildman–Crippen LogP) is 1.83. The lowest BCUT2D eigenvalue weighted by Gasteiger charge is -2.31. The number of benzene rings is 1. The first kappa shape index (κ1) is 15.0. The number of hydrogen-bond acceptors (Lipinski definition) is 3. The molecule has 0 aromatic heterocycles. The molecule has 0 aliphatic heterocycles. The van der Waals surface area contributed by atoms with Crippen LogP contribution in [0.2, 0.25) is 0 Å². The zero-order chi connectivity index (χ0) is 15.6. The van der Waals surface area contributed by atoms with Crippen molar-refractivity contribution >= 4 is 29.2 Å². The highest BCUT2D eigenvalue weighted by Crippen LogP contribution is 2.35. The molecule has 1 aliphatic rings. The van der Waals surface area contributed by atoms with Crippen molar-refractivity contribution in [1.29, 1.82) is 0 Å². The van der Waals surface area contributed by atoms with E-state index in [2.05, 4.69) is 10.6 Å². The molecule has 6 nitrogen and oxygen atoms in total. The van der Waals surface area contributed by atoms with E-state index in [1.165, 1.54) is 19.1 Å². The quantitative estimate of drug-likeness (QED) is 0.789. The number of carboxylic acids is 1. The summed E-state index contributed by atoms with van der Waals surface area (Å²) >= 11 is 0. The fourth-order valence-corrected chi connectivity index (χ4v) is 2.23. The molecule has 3 N–H and O–H groups in total. The minimum absolute atomic E-state index is 0.0382. The van der Waals surface area contributed by atoms with Gasteiger partial charge in [0.25, 0.3) is 0 Å². The van der Waals surface area contributed by atoms with Gasteiger partial charge in [0.15, 0.2) is 0 Å². The molecule has 2 amide bonds. The molecule has 0 bridgehead atoms. The average Bonchev–Trinajstić information content (AvgIpc) is 2.30. The normalized spacial score (nSPS) is 20.3. The van der Waals surface area contributed by atoms with Gasteiger partial charge in [0.2, 0.25) is 11.8 Å². The Morgan fingerprint density at radius 3 is 2.38 bits per heavy atom. The molecule has 1 aromatic carbocycles. The van der Waals surface area contributed by atoms with Crippen LogP contribution in [0.5, 0.6) is 0 Å². The van der Waals surface area contributed by atoms with Crippen LogP contribution in [-0.2, 0) is 14.4 Å². The number of aliphatic carboxylic acids is 1. The van der Waals surface area contributed by atoms with E-state index in [0.717, 1.165) is 6.07 Å². The Labute approximate surface area is 120 Å². The molecule has 1 aromatic rings. The van der Waals surface area contributed by atoms with Gasteiger partial charge in [-0.05, 0) is 31.0 Å². The molecule has 2 rings (SSSR count). The van der Waals surface area contributed by atoms with Gasteiger partial charge in [0, 0.05) is 12.6 Å². The van der Waals surface area contributed by atoms with E-state index >= 15 is 0 Å². The SMILES string of the molecule is CC(=O)Nc1cc(NC(=O)C2CCC2C(=O)O)ccc1F. The molecule has 0 radical (unpaired) electrons. The number of amides is 2. The molecule has 2 unspecified atom stereocenters. The van der Waals surface area contributed by atoms with Crippen molar-refractivity contribution in [1.82, 2.24) is 0 Å². The zero-order valence-electron chi connectivity index (χ0n) is 11.4. The number of hydrogen-bond donors (Lipinski definition) is 3. The van der Waals surface area contributed by atoms with Gasteiger partial charge in [0.05, 0.1) is 17.5 Å². The van der Waals surface area contributed by atoms with E-state index < -0.39 is 35.4 Å². The summed E-state index contributed by atoms with van der Waals surface area (Å²) < 4.78 is 13.5. The molecule has 112 valence electrons. The van der Waals surface area contributed by atoms with Crippen molar-refractivity contribution in [3.05, 3.63) is 24.0 Å². The van der Waals surface area contributed by atoms with Crippen LogP contribution in [0.15, 0.2) is 18.2 Å². The fourth-order valence-electron chi connectivity index (χ4n) is 2.23. The number of halogens is 1. The number of nitrogens with one attached hydrogen (secondary N) is 2. The predicted molar refractivity (Wildman–Crippen MR) is 73.2 cm³/mol. The minimum Gasteiger partial charge on any atom is -0.481 e. The number of carboxylic acid groups (broad SMARTS) is 1. The molecular weight excluding hydrogens is 279 g/mol. The zero-order valence-corrected chi connectivity index (χ0v) is 11.4. The van der Waals surface area contributed by atoms with Crippen LogP contribution in [-0.4, -0.2) is 22.9 Å². The third-order valence-corrected chi connectivity index (χ3v) is 3.47. The smallest absolute Gasteiger partial charge is 0.307 e. The van der Waals surface area contributed by atoms with Gasteiger partial charge >= 0.3 is 5.97 Å². The standard InChI is InChI=1S/C14H15FN2O4/c1-7(18)16-12-6-8(2-5-11(12)15)17-13(19)9-3-4-10(9)14(20)21/h2,5-6,9-10H,3-4H2,1H3,(H,16,18)(H,17,19)(H,20,21). The van der Waals surface area contributed by atoms with Crippen molar-refractivity contribution < 1.29 is 23.9 Å². The summed E-state index contributed by atoms with van der Waals surface area (Å²) in [6.45, 7) is 1.25. The number of carbonyl (C=O) groups excluding carboxylic acids is 2. The molecule has 0 saturated heterocycles. The van der Waals surface area contributed by atoms with Gasteiger partial charge in [-0.3, -0.25) is 14.4 Å². The van der Waals surface area contributed by atoms with Crippen LogP contribution in [0.4, 0.5) is 15.8 Å². The van der Waals surface area contributed by atoms with Gasteiger partial charge in [-0.1, -0.05) is 0 Å². The first-order valence-corrected chi connectivity index (χ1v) is 6.49. The lowest BCUT2D eigenvalue weighted by atomic mass is 9.73. The van der Waals surface area contributed by atoms with Crippen LogP contribution in [0, 0.1) is 17.7 Å². The van der Waals surface area contributed by atoms with Crippen LogP contribution in [0.25, 0.3) is 0 Å². The highest BCUT2D eigenvalue weighted by molar-refractivity contribution is 5.97. The van der Waals surface area contributed by atoms with E-state index in [1.54, 1.807) is 0 Å². The number of anilines is 2. The highest BCUT2D eigenvalue weighted by atomic mass is 19.1. The van der Waals surface area contributed by atoms with E-state index in [1.807, 2.05) is 0 Å². The van der Waals surface area contributed by atoms with Crippen LogP contribution < -0.4 is 10.6 Å². The van der Waals surface area contributed by atoms with Crippen LogP contribution >= 0.6 is 0 Å². The van der Waals surface area contributed by atoms with Gasteiger partial charge in [0.1, 0.15) is 5.82 Å². The summed E-state index contributed by atoms with van der Waals surface area (Å²) in [6.07, 6.45) is 0.997. The fraction of sp³-hybridized carbons (Fsp3) is 0.357. The van der Waals surface area contributed by atoms with Gasteiger partial charge in [-0.15, -0.1) is 0 Å². The third kappa shape index (κ3) is 3.36. The molecule has 0 heterocycles. The molecule has 1 aliphatic carbocycles. The molecule has 21 heavy (non-hydrogen) atoms. The Hall–Kier alpha value is -2.44. The second-order valence-corrected chi connectivity index (χ2v) is 4.99. The lowest BCUT2D eigenvalue weighted by molar-refractivity contribution is -0.151. The summed E-state index contributed by atoms with van der Waals surface area (Å²) in [4.78, 5) is 33.8. The molecule has 1 fully saturated rings. The molecule has 0 spiro atoms. The first-order chi connectivity index (χ1) is 9.88. The summed E-state index contributed by atoms with van der Waals surface area (Å²) in [6, 6.07) is 3.77. The topological polar surface area (TPSA) is 95.5 Å². The molecule has 2 atom stereocenters. The van der Waals surface area contributed by atoms with Gasteiger partial charge in [-0.25, -0.2) is 4.39 Å². The van der Waals surface area contributed by atoms with Crippen LogP contribution in [0.1, 0.15) is 19.8 Å². The highest BCUT2D eigenvalue weighted by Gasteiger charge is 2.41. The first-order valence-electron chi connectivity index (χ1n) is 6.49. The average molecular weight is 294 g/mol. The third-order valence-electron chi connectivity index (χ3n) is 3.47. The Kier molecular flexibility index (Phi) is 4.21. The maximum absolute atomic E-state index is 13.5. The second-order valence-electron chi connectivity index (χ2n) is 4.99. The van der Waals surface area contributed by atoms with Gasteiger partial charge in [-0.2, -0.15) is 0 Å². The molecule has 1 saturated carbocycles. The maximum atomic E-state index is 13.5. The number of carbonyl (C=O) groups is 3. The van der Waals surface area contributed by atoms with Crippen molar-refractivity contribution in [3.8, 4) is 0 Å². The van der Waals surface area contributed by atoms with Crippen molar-refractivity contribution in [2.75, 3.05) is 10.6 Å². The van der Waals surface area contributed by atoms with Crippen molar-refractivity contribution in [2.24, 2.45) is 11.8 Å². The molecular formula is C14H15FN2O4. The van der Waals surface area contributed by atoms with E-state index in [-0.39, 0.29) is 5.69 Å². The largest absolute Gasteiger partial charge is 0.481 e. The Balaban J connectivity index is 2.07. The summed E-state index contributed by atoms with van der Waals surface area (Å²) in [5.41, 5.74) is 0.268. The van der Waals surface area contributed by atoms with E-state index in [9.17, 15) is 18.8 Å². The lowest BCUT2D eigenvalue weighted by Crippen LogP contribution is -2.41. The molecule has 7 heteroatoms. The summed E-state index contributed by atoms with van der Waals surface area (Å²) in [5, 5.41) is 13.8. The van der Waals surface area contributed by atoms with E-state index in [0.29, 0.717) is 18.5 Å². The Bertz CT molecular complexity index is 603. The van der Waals surface area contributed by atoms with Crippen molar-refractivity contribution in [2.45, 2.75) is 19.8 Å². The van der Waals surface area contributed by atoms with Gasteiger partial charge < -0.3 is 15.7 Å². The monoisotopic (exact) mass is 294 g/mol. The summed E-state index contributed by atoms with van der Waals surface area (Å²) in [5.74, 6) is -3.68. The van der Waals surface area contributed by atoms with E-state index in [4.69, 9.17) is 5.11 Å². The Morgan fingerprint density at radius 1 is 1.19 bits per heavy atom. The number of rotatable bonds is 4. The van der Waals surface area contributed by atoms with Crippen molar-refractivity contribution in [3.63, 3.8) is 0 Å².